The normalized spacial score (nSPS) is 12.7. The molecule has 3 rings (SSSR count). The number of benzene rings is 2. The Kier molecular flexibility index (Phi) is 7.39. The third-order valence-corrected chi connectivity index (χ3v) is 5.08. The zero-order valence-corrected chi connectivity index (χ0v) is 21.4. The number of amides is 1. The van der Waals surface area contributed by atoms with Crippen LogP contribution >= 0.6 is 12.2 Å². The van der Waals surface area contributed by atoms with Gasteiger partial charge in [0.05, 0.1) is 11.0 Å². The Bertz CT molecular complexity index is 1240. The quantitative estimate of drug-likeness (QED) is 0.291. The standard InChI is InChI=1S/C24H29N5O5S/c1-23(2,3)33-17-10-7-15(8-11-17)13-19(25-22(30)34-24(4,5)6)21(35)28-20-14-16(29(31)32)9-12-18(20)26-27-28/h7-12,14,19H,13H2,1-6H3,(H,25,30). The summed E-state index contributed by atoms with van der Waals surface area (Å²) >= 11 is 5.68. The van der Waals surface area contributed by atoms with Crippen molar-refractivity contribution in [3.05, 3.63) is 58.1 Å². The second-order valence-electron chi connectivity index (χ2n) is 10.0. The topological polar surface area (TPSA) is 121 Å². The zero-order valence-electron chi connectivity index (χ0n) is 20.6. The molecule has 35 heavy (non-hydrogen) atoms. The molecule has 1 N–H and O–H groups in total. The van der Waals surface area contributed by atoms with Gasteiger partial charge in [0.2, 0.25) is 0 Å². The Balaban J connectivity index is 1.92. The van der Waals surface area contributed by atoms with Crippen LogP contribution in [0.3, 0.4) is 0 Å². The van der Waals surface area contributed by atoms with Crippen molar-refractivity contribution in [3.8, 4) is 5.75 Å². The molecule has 0 bridgehead atoms. The van der Waals surface area contributed by atoms with Gasteiger partial charge >= 0.3 is 6.09 Å². The molecule has 0 fully saturated rings. The first-order valence-electron chi connectivity index (χ1n) is 11.0. The molecule has 1 atom stereocenters. The Morgan fingerprint density at radius 2 is 1.77 bits per heavy atom. The van der Waals surface area contributed by atoms with E-state index in [0.717, 1.165) is 11.3 Å². The lowest BCUT2D eigenvalue weighted by molar-refractivity contribution is -0.384. The molecule has 1 amide bonds. The molecule has 3 aromatic rings. The van der Waals surface area contributed by atoms with Crippen LogP contribution < -0.4 is 10.1 Å². The Labute approximate surface area is 208 Å². The highest BCUT2D eigenvalue weighted by molar-refractivity contribution is 7.80. The minimum Gasteiger partial charge on any atom is -0.488 e. The van der Waals surface area contributed by atoms with Crippen molar-refractivity contribution in [2.75, 3.05) is 0 Å². The Morgan fingerprint density at radius 3 is 2.34 bits per heavy atom. The summed E-state index contributed by atoms with van der Waals surface area (Å²) < 4.78 is 12.6. The van der Waals surface area contributed by atoms with Gasteiger partial charge in [0.25, 0.3) is 5.69 Å². The van der Waals surface area contributed by atoms with Crippen LogP contribution in [0.2, 0.25) is 0 Å². The maximum absolute atomic E-state index is 12.6. The number of non-ortho nitro benzene ring substituents is 1. The van der Waals surface area contributed by atoms with E-state index in [1.807, 2.05) is 45.0 Å². The first kappa shape index (κ1) is 26.0. The SMILES string of the molecule is CC(C)(C)OC(=O)NC(Cc1ccc(OC(C)(C)C)cc1)C(=S)n1nnc2ccc([N+](=O)[O-])cc21. The minimum atomic E-state index is -0.710. The van der Waals surface area contributed by atoms with E-state index in [1.165, 1.54) is 22.9 Å². The number of nitro benzene ring substituents is 1. The van der Waals surface area contributed by atoms with Gasteiger partial charge in [-0.1, -0.05) is 29.6 Å². The number of hydrogen-bond acceptors (Lipinski definition) is 8. The van der Waals surface area contributed by atoms with Crippen LogP contribution in [0.1, 0.15) is 47.1 Å². The van der Waals surface area contributed by atoms with E-state index in [1.54, 1.807) is 20.8 Å². The highest BCUT2D eigenvalue weighted by atomic mass is 32.1. The smallest absolute Gasteiger partial charge is 0.408 e. The van der Waals surface area contributed by atoms with Gasteiger partial charge in [-0.15, -0.1) is 5.10 Å². The Hall–Kier alpha value is -3.60. The van der Waals surface area contributed by atoms with E-state index in [4.69, 9.17) is 21.7 Å². The van der Waals surface area contributed by atoms with Gasteiger partial charge < -0.3 is 14.8 Å². The fourth-order valence-corrected chi connectivity index (χ4v) is 3.54. The summed E-state index contributed by atoms with van der Waals surface area (Å²) in [6.07, 6.45) is -0.322. The van der Waals surface area contributed by atoms with Gasteiger partial charge in [-0.25, -0.2) is 9.48 Å². The van der Waals surface area contributed by atoms with Crippen molar-refractivity contribution in [3.63, 3.8) is 0 Å². The van der Waals surface area contributed by atoms with Crippen LogP contribution in [0.15, 0.2) is 42.5 Å². The van der Waals surface area contributed by atoms with Crippen LogP contribution in [-0.4, -0.2) is 48.2 Å². The summed E-state index contributed by atoms with van der Waals surface area (Å²) in [7, 11) is 0. The molecule has 0 saturated heterocycles. The summed E-state index contributed by atoms with van der Waals surface area (Å²) in [4.78, 5) is 23.6. The Morgan fingerprint density at radius 1 is 1.11 bits per heavy atom. The third kappa shape index (κ3) is 7.19. The molecular weight excluding hydrogens is 470 g/mol. The van der Waals surface area contributed by atoms with Crippen LogP contribution in [0.5, 0.6) is 5.75 Å². The molecule has 0 radical (unpaired) electrons. The number of nitrogens with zero attached hydrogens (tertiary/aromatic N) is 4. The molecule has 1 aromatic heterocycles. The highest BCUT2D eigenvalue weighted by Gasteiger charge is 2.26. The molecule has 11 heteroatoms. The molecule has 10 nitrogen and oxygen atoms in total. The number of rotatable bonds is 6. The van der Waals surface area contributed by atoms with Crippen molar-refractivity contribution in [1.82, 2.24) is 20.3 Å². The number of hydrogen-bond donors (Lipinski definition) is 1. The van der Waals surface area contributed by atoms with E-state index in [9.17, 15) is 14.9 Å². The number of aromatic nitrogens is 3. The molecule has 2 aromatic carbocycles. The van der Waals surface area contributed by atoms with E-state index >= 15 is 0 Å². The minimum absolute atomic E-state index is 0.116. The zero-order chi connectivity index (χ0) is 26.0. The van der Waals surface area contributed by atoms with Crippen LogP contribution in [0, 0.1) is 10.1 Å². The lowest BCUT2D eigenvalue weighted by Gasteiger charge is -2.24. The molecule has 0 aliphatic rings. The van der Waals surface area contributed by atoms with Gasteiger partial charge in [0.1, 0.15) is 33.0 Å². The third-order valence-electron chi connectivity index (χ3n) is 4.62. The van der Waals surface area contributed by atoms with E-state index in [-0.39, 0.29) is 16.3 Å². The summed E-state index contributed by atoms with van der Waals surface area (Å²) in [6.45, 7) is 11.2. The maximum atomic E-state index is 12.6. The average Bonchev–Trinajstić information content (AvgIpc) is 3.15. The average molecular weight is 500 g/mol. The number of nitro groups is 1. The summed E-state index contributed by atoms with van der Waals surface area (Å²) in [5.74, 6) is 0.718. The molecule has 186 valence electrons. The summed E-state index contributed by atoms with van der Waals surface area (Å²) in [5.41, 5.74) is 0.537. The molecule has 0 spiro atoms. The first-order valence-corrected chi connectivity index (χ1v) is 11.4. The predicted octanol–water partition coefficient (Wildman–Crippen LogP) is 4.83. The number of carbonyl (C=O) groups excluding carboxylic acids is 1. The predicted molar refractivity (Wildman–Crippen MR) is 136 cm³/mol. The number of carbonyl (C=O) groups is 1. The molecule has 1 heterocycles. The van der Waals surface area contributed by atoms with Crippen molar-refractivity contribution in [2.45, 2.75) is 65.2 Å². The maximum Gasteiger partial charge on any atom is 0.408 e. The fraction of sp³-hybridized carbons (Fsp3) is 0.417. The molecule has 1 unspecified atom stereocenters. The molecule has 0 aliphatic carbocycles. The number of nitrogens with one attached hydrogen (secondary N) is 1. The highest BCUT2D eigenvalue weighted by Crippen LogP contribution is 2.22. The lowest BCUT2D eigenvalue weighted by Crippen LogP contribution is -2.46. The van der Waals surface area contributed by atoms with Gasteiger partial charge in [-0.3, -0.25) is 10.1 Å². The van der Waals surface area contributed by atoms with Crippen LogP contribution in [0.4, 0.5) is 10.5 Å². The van der Waals surface area contributed by atoms with Crippen molar-refractivity contribution < 1.29 is 19.2 Å². The number of fused-ring (bicyclic) bond motifs is 1. The lowest BCUT2D eigenvalue weighted by atomic mass is 10.1. The van der Waals surface area contributed by atoms with Crippen LogP contribution in [0.25, 0.3) is 11.0 Å². The van der Waals surface area contributed by atoms with Gasteiger partial charge in [0.15, 0.2) is 0 Å². The molecule has 0 aliphatic heterocycles. The number of ether oxygens (including phenoxy) is 2. The fourth-order valence-electron chi connectivity index (χ4n) is 3.26. The van der Waals surface area contributed by atoms with E-state index in [2.05, 4.69) is 15.6 Å². The second kappa shape index (κ2) is 9.95. The number of thiocarbonyl (C=S) groups is 1. The van der Waals surface area contributed by atoms with Gasteiger partial charge in [0, 0.05) is 12.1 Å². The number of alkyl carbamates (subject to hydrolysis) is 1. The summed E-state index contributed by atoms with van der Waals surface area (Å²) in [5, 5.41) is 22.2. The summed E-state index contributed by atoms with van der Waals surface area (Å²) in [6, 6.07) is 11.0. The van der Waals surface area contributed by atoms with Gasteiger partial charge in [-0.05, 0) is 71.7 Å². The second-order valence-corrected chi connectivity index (χ2v) is 10.4. The molecular formula is C24H29N5O5S. The van der Waals surface area contributed by atoms with Crippen molar-refractivity contribution in [2.24, 2.45) is 0 Å². The van der Waals surface area contributed by atoms with Crippen LogP contribution in [-0.2, 0) is 11.2 Å². The van der Waals surface area contributed by atoms with E-state index < -0.39 is 22.7 Å². The van der Waals surface area contributed by atoms with E-state index in [0.29, 0.717) is 17.5 Å². The van der Waals surface area contributed by atoms with Gasteiger partial charge in [-0.2, -0.15) is 0 Å². The molecule has 0 saturated carbocycles. The van der Waals surface area contributed by atoms with Crippen molar-refractivity contribution in [1.29, 1.82) is 0 Å². The first-order chi connectivity index (χ1) is 16.2. The monoisotopic (exact) mass is 499 g/mol. The largest absolute Gasteiger partial charge is 0.488 e. The van der Waals surface area contributed by atoms with Crippen molar-refractivity contribution >= 4 is 40.0 Å².